The molecule has 7 heteroatoms. The number of aromatic nitrogens is 2. The number of rotatable bonds is 5. The average molecular weight is 262 g/mol. The van der Waals surface area contributed by atoms with E-state index in [1.165, 1.54) is 4.68 Å². The van der Waals surface area contributed by atoms with Gasteiger partial charge in [0, 0.05) is 7.11 Å². The maximum Gasteiger partial charge on any atom is 0.330 e. The molecule has 7 nitrogen and oxygen atoms in total. The van der Waals surface area contributed by atoms with Gasteiger partial charge in [-0.1, -0.05) is 24.3 Å². The molecule has 0 aliphatic carbocycles. The summed E-state index contributed by atoms with van der Waals surface area (Å²) in [4.78, 5) is 10.1. The van der Waals surface area contributed by atoms with Crippen molar-refractivity contribution in [1.82, 2.24) is 9.78 Å². The van der Waals surface area contributed by atoms with Gasteiger partial charge in [0.25, 0.3) is 0 Å². The second kappa shape index (κ2) is 5.49. The summed E-state index contributed by atoms with van der Waals surface area (Å²) in [6.07, 6.45) is 1.16. The van der Waals surface area contributed by atoms with Crippen LogP contribution in [0.1, 0.15) is 11.1 Å². The molecular weight excluding hydrogens is 248 g/mol. The quantitative estimate of drug-likeness (QED) is 0.651. The number of anilines is 1. The fraction of sp³-hybridized carbons (Fsp3) is 0.250. The Bertz CT molecular complexity index is 594. The Morgan fingerprint density at radius 3 is 2.84 bits per heavy atom. The molecule has 1 aromatic carbocycles. The highest BCUT2D eigenvalue weighted by Crippen LogP contribution is 2.21. The number of ether oxygens (including phenoxy) is 1. The molecule has 0 aliphatic heterocycles. The van der Waals surface area contributed by atoms with Crippen molar-refractivity contribution in [2.24, 2.45) is 0 Å². The zero-order valence-electron chi connectivity index (χ0n) is 10.4. The van der Waals surface area contributed by atoms with Gasteiger partial charge in [-0.05, 0) is 11.1 Å². The predicted octanol–water partition coefficient (Wildman–Crippen LogP) is 1.57. The molecular formula is C12H14N4O3. The summed E-state index contributed by atoms with van der Waals surface area (Å²) in [6.45, 7) is 0.903. The van der Waals surface area contributed by atoms with Crippen LogP contribution in [-0.2, 0) is 17.9 Å². The van der Waals surface area contributed by atoms with Crippen LogP contribution >= 0.6 is 0 Å². The molecule has 1 heterocycles. The number of benzene rings is 1. The van der Waals surface area contributed by atoms with E-state index in [1.54, 1.807) is 7.11 Å². The smallest absolute Gasteiger partial charge is 0.330 e. The third kappa shape index (κ3) is 2.89. The monoisotopic (exact) mass is 262 g/mol. The normalized spacial score (nSPS) is 10.6. The van der Waals surface area contributed by atoms with Crippen molar-refractivity contribution in [1.29, 1.82) is 0 Å². The molecule has 19 heavy (non-hydrogen) atoms. The lowest BCUT2D eigenvalue weighted by atomic mass is 10.1. The molecule has 0 atom stereocenters. The first-order chi connectivity index (χ1) is 9.11. The van der Waals surface area contributed by atoms with Crippen molar-refractivity contribution in [3.8, 4) is 0 Å². The van der Waals surface area contributed by atoms with Crippen molar-refractivity contribution < 1.29 is 9.66 Å². The van der Waals surface area contributed by atoms with Gasteiger partial charge in [-0.2, -0.15) is 5.10 Å². The van der Waals surface area contributed by atoms with Crippen LogP contribution in [0.5, 0.6) is 0 Å². The van der Waals surface area contributed by atoms with Crippen LogP contribution in [0, 0.1) is 10.1 Å². The van der Waals surface area contributed by atoms with Crippen LogP contribution in [0.2, 0.25) is 0 Å². The summed E-state index contributed by atoms with van der Waals surface area (Å²) in [7, 11) is 1.63. The van der Waals surface area contributed by atoms with Crippen molar-refractivity contribution in [2.45, 2.75) is 13.2 Å². The average Bonchev–Trinajstić information content (AvgIpc) is 2.72. The molecule has 0 spiro atoms. The molecule has 2 rings (SSSR count). The van der Waals surface area contributed by atoms with Crippen LogP contribution in [0.15, 0.2) is 30.5 Å². The van der Waals surface area contributed by atoms with Gasteiger partial charge in [-0.3, -0.25) is 10.1 Å². The first kappa shape index (κ1) is 13.0. The molecule has 0 bridgehead atoms. The second-order valence-electron chi connectivity index (χ2n) is 4.08. The largest absolute Gasteiger partial charge is 0.380 e. The van der Waals surface area contributed by atoms with Gasteiger partial charge >= 0.3 is 5.69 Å². The van der Waals surface area contributed by atoms with Crippen LogP contribution < -0.4 is 5.73 Å². The van der Waals surface area contributed by atoms with Crippen molar-refractivity contribution in [3.63, 3.8) is 0 Å². The standard InChI is InChI=1S/C12H14N4O3/c1-19-8-10-4-2-3-9(5-10)7-15-12(13)11(6-14-15)16(17)18/h2-6H,7-8,13H2,1H3. The molecule has 2 N–H and O–H groups in total. The Morgan fingerprint density at radius 1 is 1.47 bits per heavy atom. The molecule has 0 saturated heterocycles. The number of hydrogen-bond acceptors (Lipinski definition) is 5. The van der Waals surface area contributed by atoms with Gasteiger partial charge in [0.1, 0.15) is 6.20 Å². The Morgan fingerprint density at radius 2 is 2.21 bits per heavy atom. The van der Waals surface area contributed by atoms with Gasteiger partial charge < -0.3 is 10.5 Å². The fourth-order valence-electron chi connectivity index (χ4n) is 1.81. The van der Waals surface area contributed by atoms with Crippen LogP contribution in [0.4, 0.5) is 11.5 Å². The number of hydrogen-bond donors (Lipinski definition) is 1. The van der Waals surface area contributed by atoms with Crippen LogP contribution in [0.3, 0.4) is 0 Å². The van der Waals surface area contributed by atoms with E-state index in [9.17, 15) is 10.1 Å². The lowest BCUT2D eigenvalue weighted by Crippen LogP contribution is -2.07. The molecule has 2 aromatic rings. The first-order valence-corrected chi connectivity index (χ1v) is 5.64. The third-order valence-corrected chi connectivity index (χ3v) is 2.69. The van der Waals surface area contributed by atoms with Crippen LogP contribution in [-0.4, -0.2) is 21.8 Å². The lowest BCUT2D eigenvalue weighted by molar-refractivity contribution is -0.384. The van der Waals surface area contributed by atoms with E-state index in [-0.39, 0.29) is 11.5 Å². The van der Waals surface area contributed by atoms with E-state index in [4.69, 9.17) is 10.5 Å². The minimum atomic E-state index is -0.541. The number of nitrogens with zero attached hydrogens (tertiary/aromatic N) is 3. The summed E-state index contributed by atoms with van der Waals surface area (Å²) < 4.78 is 6.46. The molecule has 0 radical (unpaired) electrons. The van der Waals surface area contributed by atoms with Gasteiger partial charge in [-0.15, -0.1) is 0 Å². The SMILES string of the molecule is COCc1cccc(Cn2ncc([N+](=O)[O-])c2N)c1. The number of nitro groups is 1. The molecule has 0 amide bonds. The Labute approximate surface area is 109 Å². The number of nitrogen functional groups attached to an aromatic ring is 1. The summed E-state index contributed by atoms with van der Waals surface area (Å²) in [5, 5.41) is 14.6. The fourth-order valence-corrected chi connectivity index (χ4v) is 1.81. The lowest BCUT2D eigenvalue weighted by Gasteiger charge is -2.06. The summed E-state index contributed by atoms with van der Waals surface area (Å²) in [5.41, 5.74) is 7.50. The minimum absolute atomic E-state index is 0.0575. The topological polar surface area (TPSA) is 96.2 Å². The Hall–Kier alpha value is -2.41. The predicted molar refractivity (Wildman–Crippen MR) is 69.6 cm³/mol. The van der Waals surface area contributed by atoms with Crippen molar-refractivity contribution in [3.05, 3.63) is 51.7 Å². The molecule has 0 aliphatic rings. The highest BCUT2D eigenvalue weighted by atomic mass is 16.6. The summed E-state index contributed by atoms with van der Waals surface area (Å²) in [5.74, 6) is 0.0575. The second-order valence-corrected chi connectivity index (χ2v) is 4.08. The minimum Gasteiger partial charge on any atom is -0.380 e. The van der Waals surface area contributed by atoms with E-state index in [0.717, 1.165) is 17.3 Å². The Balaban J connectivity index is 2.21. The number of nitrogens with two attached hydrogens (primary N) is 1. The van der Waals surface area contributed by atoms with Crippen molar-refractivity contribution >= 4 is 11.5 Å². The van der Waals surface area contributed by atoms with Crippen LogP contribution in [0.25, 0.3) is 0 Å². The summed E-state index contributed by atoms with van der Waals surface area (Å²) >= 11 is 0. The first-order valence-electron chi connectivity index (χ1n) is 5.64. The van der Waals surface area contributed by atoms with E-state index in [1.807, 2.05) is 24.3 Å². The van der Waals surface area contributed by atoms with E-state index < -0.39 is 4.92 Å². The number of methoxy groups -OCH3 is 1. The highest BCUT2D eigenvalue weighted by Gasteiger charge is 2.17. The molecule has 0 saturated carbocycles. The van der Waals surface area contributed by atoms with Gasteiger partial charge in [0.2, 0.25) is 5.82 Å². The molecule has 0 fully saturated rings. The van der Waals surface area contributed by atoms with Gasteiger partial charge in [0.05, 0.1) is 18.1 Å². The van der Waals surface area contributed by atoms with E-state index in [0.29, 0.717) is 13.2 Å². The highest BCUT2D eigenvalue weighted by molar-refractivity contribution is 5.51. The van der Waals surface area contributed by atoms with Crippen molar-refractivity contribution in [2.75, 3.05) is 12.8 Å². The third-order valence-electron chi connectivity index (χ3n) is 2.69. The molecule has 100 valence electrons. The zero-order valence-corrected chi connectivity index (χ0v) is 10.4. The zero-order chi connectivity index (χ0) is 13.8. The van der Waals surface area contributed by atoms with E-state index in [2.05, 4.69) is 5.10 Å². The Kier molecular flexibility index (Phi) is 3.76. The molecule has 0 unspecified atom stereocenters. The maximum atomic E-state index is 10.7. The maximum absolute atomic E-state index is 10.7. The van der Waals surface area contributed by atoms with Gasteiger partial charge in [-0.25, -0.2) is 4.68 Å². The summed E-state index contributed by atoms with van der Waals surface area (Å²) in [6, 6.07) is 7.71. The molecule has 1 aromatic heterocycles. The van der Waals surface area contributed by atoms with Gasteiger partial charge in [0.15, 0.2) is 0 Å². The van der Waals surface area contributed by atoms with E-state index >= 15 is 0 Å².